The van der Waals surface area contributed by atoms with Gasteiger partial charge in [-0.1, -0.05) is 235 Å². The molecule has 4 aliphatic heterocycles. The van der Waals surface area contributed by atoms with Crippen LogP contribution in [-0.2, 0) is 67.2 Å². The number of rotatable bonds is 30. The molecule has 16 unspecified atom stereocenters. The zero-order chi connectivity index (χ0) is 81.5. The molecule has 2 aromatic rings. The molecule has 6 N–H and O–H groups in total. The summed E-state index contributed by atoms with van der Waals surface area (Å²) in [5.41, 5.74) is -1.13. The second kappa shape index (κ2) is 35.8. The minimum Gasteiger partial charge on any atom is -0.507 e. The number of nitrogens with one attached hydrogen (secondary N) is 4. The number of esters is 4. The summed E-state index contributed by atoms with van der Waals surface area (Å²) in [6, 6.07) is 7.98. The summed E-state index contributed by atoms with van der Waals surface area (Å²) in [6.07, 6.45) is 17.0. The van der Waals surface area contributed by atoms with E-state index in [4.69, 9.17) is 18.9 Å². The van der Waals surface area contributed by atoms with Crippen molar-refractivity contribution in [3.8, 4) is 11.5 Å². The Morgan fingerprint density at radius 2 is 0.617 bits per heavy atom. The molecular formula is C93H162N4O10. The minimum absolute atomic E-state index is 0.0301. The number of carbonyl (C=O) groups is 4. The molecule has 0 saturated carbocycles. The first-order valence-electron chi connectivity index (χ1n) is 42.9. The van der Waals surface area contributed by atoms with E-state index in [0.29, 0.717) is 51.4 Å². The van der Waals surface area contributed by atoms with E-state index in [-0.39, 0.29) is 133 Å². The molecule has 107 heavy (non-hydrogen) atoms. The lowest BCUT2D eigenvalue weighted by Crippen LogP contribution is -2.67. The Morgan fingerprint density at radius 1 is 0.374 bits per heavy atom. The van der Waals surface area contributed by atoms with Crippen LogP contribution < -0.4 is 21.3 Å². The maximum atomic E-state index is 15.6. The number of phenols is 2. The lowest BCUT2D eigenvalue weighted by atomic mass is 9.69. The molecule has 0 bridgehead atoms. The zero-order valence-corrected chi connectivity index (χ0v) is 74.6. The fourth-order valence-electron chi connectivity index (χ4n) is 18.6. The predicted octanol–water partition coefficient (Wildman–Crippen LogP) is 21.5. The normalized spacial score (nSPS) is 33.2. The third-order valence-electron chi connectivity index (χ3n) is 28.7. The first-order valence-corrected chi connectivity index (χ1v) is 42.9. The Morgan fingerprint density at radius 3 is 0.869 bits per heavy atom. The van der Waals surface area contributed by atoms with E-state index in [1.165, 1.54) is 6.42 Å². The monoisotopic (exact) mass is 1500 g/mol. The maximum absolute atomic E-state index is 15.6. The summed E-state index contributed by atoms with van der Waals surface area (Å²) in [7, 11) is 0. The van der Waals surface area contributed by atoms with E-state index in [1.807, 2.05) is 31.2 Å². The average molecular weight is 1500 g/mol. The van der Waals surface area contributed by atoms with Crippen molar-refractivity contribution in [2.24, 2.45) is 34.5 Å². The smallest absolute Gasteiger partial charge is 0.324 e. The van der Waals surface area contributed by atoms with Crippen molar-refractivity contribution in [1.29, 1.82) is 0 Å². The molecule has 4 heterocycles. The number of phenolic OH excluding ortho intramolecular Hbond substituents is 2. The first kappa shape index (κ1) is 93.4. The fraction of sp³-hybridized carbons (Fsp3) is 0.828. The van der Waals surface area contributed by atoms with Crippen LogP contribution in [0.25, 0.3) is 0 Å². The number of carbonyl (C=O) groups excluding carboxylic acids is 4. The number of hydrogen-bond donors (Lipinski definition) is 6. The fourth-order valence-corrected chi connectivity index (χ4v) is 18.6. The number of aryl methyl sites for hydroxylation is 1. The Hall–Kier alpha value is -4.24. The van der Waals surface area contributed by atoms with Gasteiger partial charge in [-0.15, -0.1) is 0 Å². The Kier molecular flexibility index (Phi) is 31.3. The third kappa shape index (κ3) is 21.4. The van der Waals surface area contributed by atoms with Crippen molar-refractivity contribution < 1.29 is 48.3 Å². The minimum atomic E-state index is -1.57. The largest absolute Gasteiger partial charge is 0.507 e. The van der Waals surface area contributed by atoms with Gasteiger partial charge in [-0.25, -0.2) is 0 Å². The van der Waals surface area contributed by atoms with Crippen LogP contribution in [0.2, 0.25) is 0 Å². The van der Waals surface area contributed by atoms with Gasteiger partial charge in [0.15, 0.2) is 10.8 Å². The summed E-state index contributed by atoms with van der Waals surface area (Å²) >= 11 is 0. The van der Waals surface area contributed by atoms with Gasteiger partial charge < -0.3 is 50.4 Å². The lowest BCUT2D eigenvalue weighted by Gasteiger charge is -2.53. The highest BCUT2D eigenvalue weighted by Crippen LogP contribution is 2.50. The quantitative estimate of drug-likeness (QED) is 0.0187. The van der Waals surface area contributed by atoms with E-state index >= 15 is 19.2 Å². The molecule has 614 valence electrons. The Balaban J connectivity index is 0.000000387. The summed E-state index contributed by atoms with van der Waals surface area (Å²) < 4.78 is 27.1. The second-order valence-electron chi connectivity index (χ2n) is 40.2. The average Bonchev–Trinajstić information content (AvgIpc) is 0.758. The Bertz CT molecular complexity index is 3130. The highest BCUT2D eigenvalue weighted by atomic mass is 16.6. The first-order chi connectivity index (χ1) is 49.2. The zero-order valence-electron chi connectivity index (χ0n) is 74.6. The summed E-state index contributed by atoms with van der Waals surface area (Å²) in [5, 5.41) is 38.5. The number of aromatic hydroxyl groups is 2. The molecule has 0 aliphatic carbocycles. The van der Waals surface area contributed by atoms with Crippen LogP contribution in [0.3, 0.4) is 0 Å². The van der Waals surface area contributed by atoms with Crippen LogP contribution >= 0.6 is 0 Å². The van der Waals surface area contributed by atoms with Crippen LogP contribution in [0.5, 0.6) is 11.5 Å². The van der Waals surface area contributed by atoms with E-state index in [2.05, 4.69) is 236 Å². The molecule has 14 heteroatoms. The Labute approximate surface area is 654 Å². The van der Waals surface area contributed by atoms with Gasteiger partial charge in [0.25, 0.3) is 0 Å². The van der Waals surface area contributed by atoms with Crippen molar-refractivity contribution >= 4 is 23.9 Å². The molecular weight excluding hydrogens is 1330 g/mol. The van der Waals surface area contributed by atoms with Crippen molar-refractivity contribution in [3.63, 3.8) is 0 Å². The van der Waals surface area contributed by atoms with Crippen LogP contribution in [0.4, 0.5) is 0 Å². The molecule has 0 radical (unpaired) electrons. The molecule has 6 rings (SSSR count). The summed E-state index contributed by atoms with van der Waals surface area (Å²) in [6.45, 7) is 69.1. The highest BCUT2D eigenvalue weighted by Gasteiger charge is 2.59. The maximum Gasteiger partial charge on any atom is 0.324 e. The van der Waals surface area contributed by atoms with E-state index in [1.54, 1.807) is 0 Å². The summed E-state index contributed by atoms with van der Waals surface area (Å²) in [4.78, 5) is 61.5. The molecule has 0 aromatic heterocycles. The standard InChI is InChI=1S/C50H88N2O5.C43H74N2O5/c1-18-23-24-25-26-27-28-50(31-36-29-37(44(8,9)10)41(53)38(30-36)45(11,12)13,42(54)56-39-32-46(14,19-2)51-48(16,21-4)34(39)6)43(55)57-40-33-47(15,20-3)52-49(17,22-5)35(40)7;1-16-21-22-43(25-31-23-28(6)35(46)32(24-31)38(9,10)11,36(47)49-33-26-39(12,17-2)44-41(14,19-4)29(33)7)37(48)50-34-27-40(13,18-3)45-42(15,20-5)30(34)8/h29-30,34-35,39-40,51-53H,18-28,31-33H2,1-17H3;23-24,29-30,33-34,44-46H,16-22,25-27H2,1-15H3. The number of benzene rings is 2. The van der Waals surface area contributed by atoms with E-state index < -0.39 is 34.7 Å². The molecule has 14 nitrogen and oxygen atoms in total. The molecule has 0 amide bonds. The third-order valence-corrected chi connectivity index (χ3v) is 28.7. The van der Waals surface area contributed by atoms with Crippen molar-refractivity contribution in [2.75, 3.05) is 0 Å². The summed E-state index contributed by atoms with van der Waals surface area (Å²) in [5.74, 6) is -1.19. The van der Waals surface area contributed by atoms with E-state index in [0.717, 1.165) is 117 Å². The molecule has 4 aliphatic rings. The highest BCUT2D eigenvalue weighted by molar-refractivity contribution is 6.01. The molecule has 2 aromatic carbocycles. The van der Waals surface area contributed by atoms with Crippen molar-refractivity contribution in [3.05, 3.63) is 57.6 Å². The van der Waals surface area contributed by atoms with Crippen molar-refractivity contribution in [1.82, 2.24) is 21.3 Å². The van der Waals surface area contributed by atoms with Gasteiger partial charge >= 0.3 is 23.9 Å². The van der Waals surface area contributed by atoms with Crippen LogP contribution in [-0.4, -0.2) is 103 Å². The van der Waals surface area contributed by atoms with Gasteiger partial charge in [-0.2, -0.15) is 0 Å². The van der Waals surface area contributed by atoms with Gasteiger partial charge in [0.05, 0.1) is 0 Å². The van der Waals surface area contributed by atoms with Gasteiger partial charge in [0.2, 0.25) is 0 Å². The SMILES string of the molecule is CCCCC(Cc1cc(C)c(O)c(C(C)(C)C)c1)(C(=O)OC1CC(C)(CC)NC(C)(CC)C1C)C(=O)OC1CC(C)(CC)NC(C)(CC)C1C.CCCCCCCCC(Cc1cc(C(C)(C)C)c(O)c(C(C)(C)C)c1)(C(=O)OC1CC(C)(CC)NC(C)(CC)C1C)C(=O)OC1CC(C)(CC)NC(C)(CC)C1C. The van der Waals surface area contributed by atoms with Crippen LogP contribution in [0.1, 0.15) is 389 Å². The number of piperidine rings is 4. The molecule has 4 fully saturated rings. The van der Waals surface area contributed by atoms with Crippen LogP contribution in [0.15, 0.2) is 24.3 Å². The number of ether oxygens (including phenoxy) is 4. The molecule has 16 atom stereocenters. The van der Waals surface area contributed by atoms with Gasteiger partial charge in [0, 0.05) is 93.7 Å². The van der Waals surface area contributed by atoms with Crippen molar-refractivity contribution in [2.45, 2.75) is 461 Å². The second-order valence-corrected chi connectivity index (χ2v) is 40.2. The van der Waals surface area contributed by atoms with Gasteiger partial charge in [-0.3, -0.25) is 19.2 Å². The predicted molar refractivity (Wildman–Crippen MR) is 444 cm³/mol. The molecule has 4 saturated heterocycles. The van der Waals surface area contributed by atoms with E-state index in [9.17, 15) is 10.2 Å². The topological polar surface area (TPSA) is 194 Å². The number of unbranched alkanes of at least 4 members (excludes halogenated alkanes) is 6. The van der Waals surface area contributed by atoms with Gasteiger partial charge in [-0.05, 0) is 189 Å². The number of hydrogen-bond acceptors (Lipinski definition) is 14. The lowest BCUT2D eigenvalue weighted by molar-refractivity contribution is -0.191. The van der Waals surface area contributed by atoms with Gasteiger partial charge in [0.1, 0.15) is 35.9 Å². The molecule has 0 spiro atoms. The van der Waals surface area contributed by atoms with Crippen LogP contribution in [0, 0.1) is 41.4 Å².